The minimum Gasteiger partial charge on any atom is -0.394 e. The highest BCUT2D eigenvalue weighted by atomic mass is 32.5. The lowest BCUT2D eigenvalue weighted by Gasteiger charge is -2.27. The first kappa shape index (κ1) is 51.2. The third-order valence-electron chi connectivity index (χ3n) is 11.0. The van der Waals surface area contributed by atoms with Crippen LogP contribution in [0.1, 0.15) is 18.7 Å². The van der Waals surface area contributed by atoms with E-state index in [0.717, 1.165) is 12.7 Å². The van der Waals surface area contributed by atoms with E-state index in [0.29, 0.717) is 0 Å². The van der Waals surface area contributed by atoms with Crippen LogP contribution in [0, 0.1) is 0 Å². The van der Waals surface area contributed by atoms with Crippen LogP contribution in [0.15, 0.2) is 38.0 Å². The Morgan fingerprint density at radius 3 is 1.26 bits per heavy atom. The van der Waals surface area contributed by atoms with Gasteiger partial charge in [-0.1, -0.05) is 0 Å². The van der Waals surface area contributed by atoms with Crippen molar-refractivity contribution in [2.24, 2.45) is 0 Å². The van der Waals surface area contributed by atoms with Gasteiger partial charge in [-0.25, -0.2) is 44.9 Å². The lowest BCUT2D eigenvalue weighted by Crippen LogP contribution is -2.37. The molecule has 6 aromatic rings. The minimum absolute atomic E-state index is 0.00806. The molecule has 3 aliphatic heterocycles. The average Bonchev–Trinajstić information content (AvgIpc) is 4.18. The van der Waals surface area contributed by atoms with Crippen LogP contribution in [-0.2, 0) is 76.8 Å². The van der Waals surface area contributed by atoms with Gasteiger partial charge in [0.15, 0.2) is 53.1 Å². The number of hydrogen-bond donors (Lipinski definition) is 11. The van der Waals surface area contributed by atoms with Gasteiger partial charge in [0.25, 0.3) is 0 Å². The maximum absolute atomic E-state index is 11.8. The van der Waals surface area contributed by atoms with Crippen molar-refractivity contribution < 1.29 is 81.6 Å². The second kappa shape index (κ2) is 20.3. The van der Waals surface area contributed by atoms with Crippen LogP contribution in [0.25, 0.3) is 33.5 Å². The van der Waals surface area contributed by atoms with Crippen LogP contribution >= 0.6 is 20.2 Å². The summed E-state index contributed by atoms with van der Waals surface area (Å²) in [6.07, 6.45) is -10.7. The molecule has 0 aliphatic carbocycles. The molecule has 14 N–H and O–H groups in total. The number of anilines is 3. The molecule has 15 atom stereocenters. The number of imidazole rings is 3. The molecule has 3 saturated heterocycles. The van der Waals surface area contributed by atoms with E-state index < -0.39 is 120 Å². The van der Waals surface area contributed by atoms with Crippen LogP contribution in [-0.4, -0.2) is 187 Å². The number of aliphatic hydroxyl groups excluding tert-OH is 5. The third kappa shape index (κ3) is 10.3. The number of aromatic nitrogens is 12. The lowest BCUT2D eigenvalue weighted by atomic mass is 10.1. The van der Waals surface area contributed by atoms with Crippen molar-refractivity contribution in [3.8, 4) is 0 Å². The van der Waals surface area contributed by atoms with Gasteiger partial charge in [-0.3, -0.25) is 22.7 Å². The van der Waals surface area contributed by atoms with Gasteiger partial charge in [0.05, 0.1) is 52.0 Å². The van der Waals surface area contributed by atoms with Crippen molar-refractivity contribution in [2.45, 2.75) is 73.6 Å². The summed E-state index contributed by atoms with van der Waals surface area (Å²) < 4.78 is 55.5. The first-order chi connectivity index (χ1) is 33.3. The van der Waals surface area contributed by atoms with Gasteiger partial charge in [-0.2, -0.15) is 0 Å². The fourth-order valence-corrected chi connectivity index (χ4v) is 11.7. The molecule has 9 heterocycles. The molecule has 3 fully saturated rings. The molecule has 0 radical (unpaired) electrons. The molecule has 9 unspecified atom stereocenters. The molecule has 9 rings (SSSR count). The maximum atomic E-state index is 11.8. The minimum atomic E-state index is -4.53. The quantitative estimate of drug-likeness (QED) is 0.0357. The second-order valence-corrected chi connectivity index (χ2v) is 23.8. The molecule has 0 amide bonds. The van der Waals surface area contributed by atoms with Crippen molar-refractivity contribution >= 4 is 107 Å². The van der Waals surface area contributed by atoms with E-state index in [1.807, 2.05) is 0 Å². The predicted octanol–water partition coefficient (Wildman–Crippen LogP) is -3.13. The summed E-state index contributed by atoms with van der Waals surface area (Å²) in [6, 6.07) is 0. The number of nitrogen functional groups attached to an aromatic ring is 3. The van der Waals surface area contributed by atoms with Gasteiger partial charge in [-0.05, 0) is 35.4 Å². The molecule has 380 valence electrons. The smallest absolute Gasteiger partial charge is 0.325 e. The Hall–Kier alpha value is -3.68. The highest BCUT2D eigenvalue weighted by Gasteiger charge is 2.52. The molecule has 0 aromatic carbocycles. The molecule has 32 nitrogen and oxygen atoms in total. The summed E-state index contributed by atoms with van der Waals surface area (Å²) in [5.41, 5.74) is 18.8. The van der Waals surface area contributed by atoms with E-state index in [1.165, 1.54) is 39.0 Å². The van der Waals surface area contributed by atoms with Crippen molar-refractivity contribution in [3.05, 3.63) is 38.0 Å². The van der Waals surface area contributed by atoms with Crippen LogP contribution in [0.3, 0.4) is 0 Å². The first-order valence-corrected chi connectivity index (χ1v) is 28.1. The normalized spacial score (nSPS) is 30.9. The fourth-order valence-electron chi connectivity index (χ4n) is 7.72. The molecule has 3 aliphatic rings. The zero-order valence-electron chi connectivity index (χ0n) is 35.3. The summed E-state index contributed by atoms with van der Waals surface area (Å²) in [5, 5.41) is 54.3. The van der Waals surface area contributed by atoms with Crippen LogP contribution in [0.5, 0.6) is 0 Å². The summed E-state index contributed by atoms with van der Waals surface area (Å²) in [4.78, 5) is 70.3. The fraction of sp³-hybridized carbons (Fsp3) is 0.531. The van der Waals surface area contributed by atoms with E-state index in [2.05, 4.69) is 44.9 Å². The molecule has 38 heteroatoms. The average molecular weight is 1100 g/mol. The number of nitrogens with two attached hydrogens (primary N) is 3. The monoisotopic (exact) mass is 1100 g/mol. The molecular formula is C32H42N15O17P3S3. The number of ether oxygens (including phenoxy) is 3. The highest BCUT2D eigenvalue weighted by Crippen LogP contribution is 2.54. The van der Waals surface area contributed by atoms with E-state index >= 15 is 0 Å². The Bertz CT molecular complexity index is 3020. The Morgan fingerprint density at radius 2 is 0.857 bits per heavy atom. The molecule has 6 aromatic heterocycles. The van der Waals surface area contributed by atoms with E-state index in [9.17, 15) is 35.1 Å². The van der Waals surface area contributed by atoms with Crippen molar-refractivity contribution in [2.75, 3.05) is 50.2 Å². The van der Waals surface area contributed by atoms with Crippen LogP contribution in [0.4, 0.5) is 17.5 Å². The third-order valence-corrected chi connectivity index (χ3v) is 15.7. The van der Waals surface area contributed by atoms with Gasteiger partial charge in [0.2, 0.25) is 0 Å². The number of nitrogens with zero attached hydrogens (tertiary/aromatic N) is 12. The molecule has 0 bridgehead atoms. The van der Waals surface area contributed by atoms with Gasteiger partial charge >= 0.3 is 20.2 Å². The topological polar surface area (TPSA) is 454 Å². The Balaban J connectivity index is 0.914. The summed E-state index contributed by atoms with van der Waals surface area (Å²) in [7, 11) is 0. The van der Waals surface area contributed by atoms with Gasteiger partial charge < -0.3 is 89.7 Å². The summed E-state index contributed by atoms with van der Waals surface area (Å²) in [6.45, 7) is -15.7. The predicted molar refractivity (Wildman–Crippen MR) is 245 cm³/mol. The van der Waals surface area contributed by atoms with Gasteiger partial charge in [0.1, 0.15) is 90.5 Å². The Kier molecular flexibility index (Phi) is 14.9. The largest absolute Gasteiger partial charge is 0.394 e. The van der Waals surface area contributed by atoms with E-state index in [-0.39, 0.29) is 57.6 Å². The Morgan fingerprint density at radius 1 is 0.500 bits per heavy atom. The van der Waals surface area contributed by atoms with E-state index in [4.69, 9.17) is 99.1 Å². The van der Waals surface area contributed by atoms with Crippen molar-refractivity contribution in [1.29, 1.82) is 0 Å². The van der Waals surface area contributed by atoms with Crippen LogP contribution in [0.2, 0.25) is 0 Å². The molecule has 0 saturated carbocycles. The number of hydrogen-bond acceptors (Lipinski definition) is 29. The van der Waals surface area contributed by atoms with Crippen molar-refractivity contribution in [3.63, 3.8) is 0 Å². The Labute approximate surface area is 407 Å². The summed E-state index contributed by atoms with van der Waals surface area (Å²) >= 11 is 15.7. The van der Waals surface area contributed by atoms with E-state index in [1.54, 1.807) is 0 Å². The van der Waals surface area contributed by atoms with Gasteiger partial charge in [0, 0.05) is 0 Å². The number of fused-ring (bicyclic) bond motifs is 3. The van der Waals surface area contributed by atoms with Crippen molar-refractivity contribution in [1.82, 2.24) is 58.6 Å². The SMILES string of the molecule is Nc1ncnc2c1ncn2[C@@H]1O[C@H](COP(O)(=S)OC2C(O)[C@@H](COP(O)(=S)OC3C(O)[C@@H](COP(O)(=S)OCCO)O[C@H]3n3cnc4c(N)ncnc43)O[C@H]2n2cnc3c(N)ncnc32)C(O)C1O. The highest BCUT2D eigenvalue weighted by molar-refractivity contribution is 8.07. The molecule has 0 spiro atoms. The standard InChI is InChI=1S/C32H42N15O17P3S3/c33-24-15-27(39-6-36-24)45(9-42-15)30-21(52)18(49)12(60-30)3-58-66(54,69)63-23-20(51)14(62-32(23)47-11-44-17-26(35)38-8-41-29(17)47)5-59-67(55,70)64-22-19(50)13(4-57-65(53,68)56-2-1-48)61-31(22)46-10-43-16-25(34)37-7-40-28(16)46/h6-14,18-23,30-32,48-52H,1-5H2,(H,53,68)(H,54,69)(H,55,70)(H2,33,36,39)(H2,34,37,40)(H2,35,38,41)/t12-,13-,14-,18?,19?,20?,21?,22?,23?,30-,31-,32-,65?,66?,67?/m1/s1. The van der Waals surface area contributed by atoms with Crippen LogP contribution < -0.4 is 17.2 Å². The second-order valence-electron chi connectivity index (χ2n) is 15.4. The maximum Gasteiger partial charge on any atom is 0.325 e. The first-order valence-electron chi connectivity index (χ1n) is 20.3. The zero-order valence-corrected chi connectivity index (χ0v) is 40.5. The summed E-state index contributed by atoms with van der Waals surface area (Å²) in [5.74, 6) is 0.0672. The number of aliphatic hydroxyl groups is 5. The molecular weight excluding hydrogens is 1060 g/mol. The molecule has 70 heavy (non-hydrogen) atoms. The van der Waals surface area contributed by atoms with Gasteiger partial charge in [-0.15, -0.1) is 0 Å². The lowest BCUT2D eigenvalue weighted by molar-refractivity contribution is -0.0589. The zero-order chi connectivity index (χ0) is 49.9. The number of rotatable bonds is 19.